The Balaban J connectivity index is 1.85. The van der Waals surface area contributed by atoms with E-state index in [2.05, 4.69) is 39.2 Å². The van der Waals surface area contributed by atoms with E-state index in [1.807, 2.05) is 6.20 Å². The Morgan fingerprint density at radius 3 is 2.76 bits per heavy atom. The number of nitrogens with one attached hydrogen (secondary N) is 1. The van der Waals surface area contributed by atoms with Crippen LogP contribution >= 0.6 is 27.5 Å². The van der Waals surface area contributed by atoms with Crippen molar-refractivity contribution in [3.8, 4) is 0 Å². The number of alkyl halides is 1. The Labute approximate surface area is 116 Å². The minimum Gasteiger partial charge on any atom is -0.370 e. The molecule has 17 heavy (non-hydrogen) atoms. The smallest absolute Gasteiger partial charge is 0.128 e. The molecule has 0 aliphatic heterocycles. The number of anilines is 1. The molecular weight excluding hydrogens is 300 g/mol. The summed E-state index contributed by atoms with van der Waals surface area (Å²) in [7, 11) is 0. The number of rotatable bonds is 3. The lowest BCUT2D eigenvalue weighted by molar-refractivity contribution is 0.377. The molecule has 1 saturated carbocycles. The van der Waals surface area contributed by atoms with Crippen LogP contribution in [0.3, 0.4) is 0 Å². The molecule has 94 valence electrons. The second kappa shape index (κ2) is 6.05. The number of nitrogens with zero attached hydrogens (tertiary/aromatic N) is 1. The molecule has 1 aliphatic carbocycles. The average molecular weight is 318 g/mol. The van der Waals surface area contributed by atoms with Crippen LogP contribution in [0.4, 0.5) is 5.82 Å². The van der Waals surface area contributed by atoms with Crippen molar-refractivity contribution in [3.05, 3.63) is 22.3 Å². The molecule has 0 bridgehead atoms. The quantitative estimate of drug-likeness (QED) is 0.838. The maximum absolute atomic E-state index is 6.10. The summed E-state index contributed by atoms with van der Waals surface area (Å²) in [5, 5.41) is 3.85. The number of aryl methyl sites for hydroxylation is 1. The summed E-state index contributed by atoms with van der Waals surface area (Å²) in [5.41, 5.74) is 1.19. The summed E-state index contributed by atoms with van der Waals surface area (Å²) >= 11 is 9.53. The van der Waals surface area contributed by atoms with Gasteiger partial charge in [-0.25, -0.2) is 4.98 Å². The molecule has 1 fully saturated rings. The highest BCUT2D eigenvalue weighted by Gasteiger charge is 2.19. The fourth-order valence-corrected chi connectivity index (χ4v) is 2.99. The molecule has 4 heteroatoms. The molecule has 2 nitrogen and oxygen atoms in total. The van der Waals surface area contributed by atoms with E-state index in [1.165, 1.54) is 18.4 Å². The Kier molecular flexibility index (Phi) is 4.69. The van der Waals surface area contributed by atoms with E-state index in [4.69, 9.17) is 11.6 Å². The fourth-order valence-electron chi connectivity index (χ4n) is 2.29. The molecule has 0 saturated heterocycles. The third-order valence-electron chi connectivity index (χ3n) is 3.38. The summed E-state index contributed by atoms with van der Waals surface area (Å²) in [4.78, 5) is 4.39. The molecule has 0 atom stereocenters. The summed E-state index contributed by atoms with van der Waals surface area (Å²) in [5.74, 6) is 1.75. The standard InChI is InChI=1S/C13H18BrClN2/c1-9-6-11(14)8-17-13(9)16-7-10-2-4-12(15)5-3-10/h6,8,10,12H,2-5,7H2,1H3,(H,16,17). The van der Waals surface area contributed by atoms with E-state index < -0.39 is 0 Å². The summed E-state index contributed by atoms with van der Waals surface area (Å²) < 4.78 is 1.03. The highest BCUT2D eigenvalue weighted by atomic mass is 79.9. The first-order valence-corrected chi connectivity index (χ1v) is 7.38. The second-order valence-corrected chi connectivity index (χ2v) is 6.35. The van der Waals surface area contributed by atoms with E-state index >= 15 is 0 Å². The largest absolute Gasteiger partial charge is 0.370 e. The van der Waals surface area contributed by atoms with Crippen molar-refractivity contribution in [1.82, 2.24) is 4.98 Å². The molecule has 1 N–H and O–H groups in total. The first-order chi connectivity index (χ1) is 8.15. The number of halogens is 2. The molecule has 1 aromatic heterocycles. The lowest BCUT2D eigenvalue weighted by atomic mass is 9.89. The number of aromatic nitrogens is 1. The third-order valence-corrected chi connectivity index (χ3v) is 4.25. The van der Waals surface area contributed by atoms with Crippen LogP contribution in [0.2, 0.25) is 0 Å². The zero-order valence-corrected chi connectivity index (χ0v) is 12.4. The van der Waals surface area contributed by atoms with Gasteiger partial charge in [0, 0.05) is 22.6 Å². The molecule has 0 radical (unpaired) electrons. The normalized spacial score (nSPS) is 24.6. The first kappa shape index (κ1) is 13.2. The van der Waals surface area contributed by atoms with Gasteiger partial charge in [0.05, 0.1) is 0 Å². The first-order valence-electron chi connectivity index (χ1n) is 6.15. The Morgan fingerprint density at radius 2 is 2.12 bits per heavy atom. The van der Waals surface area contributed by atoms with Crippen LogP contribution < -0.4 is 5.32 Å². The zero-order valence-electron chi connectivity index (χ0n) is 10.0. The summed E-state index contributed by atoms with van der Waals surface area (Å²) in [6.07, 6.45) is 6.61. The van der Waals surface area contributed by atoms with E-state index in [9.17, 15) is 0 Å². The lowest BCUT2D eigenvalue weighted by Gasteiger charge is -2.25. The minimum atomic E-state index is 0.402. The fraction of sp³-hybridized carbons (Fsp3) is 0.615. The van der Waals surface area contributed by atoms with Gasteiger partial charge in [-0.3, -0.25) is 0 Å². The Bertz CT molecular complexity index is 376. The minimum absolute atomic E-state index is 0.402. The Hall–Kier alpha value is -0.280. The summed E-state index contributed by atoms with van der Waals surface area (Å²) in [6.45, 7) is 3.09. The summed E-state index contributed by atoms with van der Waals surface area (Å²) in [6, 6.07) is 2.09. The third kappa shape index (κ3) is 3.85. The average Bonchev–Trinajstić information content (AvgIpc) is 2.30. The van der Waals surface area contributed by atoms with Crippen LogP contribution in [0.1, 0.15) is 31.2 Å². The van der Waals surface area contributed by atoms with Gasteiger partial charge in [-0.2, -0.15) is 0 Å². The van der Waals surface area contributed by atoms with Gasteiger partial charge in [0.2, 0.25) is 0 Å². The van der Waals surface area contributed by atoms with Crippen LogP contribution in [-0.4, -0.2) is 16.9 Å². The SMILES string of the molecule is Cc1cc(Br)cnc1NCC1CCC(Cl)CC1. The predicted octanol–water partition coefficient (Wildman–Crippen LogP) is 4.36. The molecule has 1 aliphatic rings. The number of hydrogen-bond donors (Lipinski definition) is 1. The molecule has 0 unspecified atom stereocenters. The lowest BCUT2D eigenvalue weighted by Crippen LogP contribution is -2.21. The van der Waals surface area contributed by atoms with Gasteiger partial charge in [-0.1, -0.05) is 0 Å². The second-order valence-electron chi connectivity index (χ2n) is 4.82. The Morgan fingerprint density at radius 1 is 1.41 bits per heavy atom. The molecular formula is C13H18BrClN2. The maximum atomic E-state index is 6.10. The van der Waals surface area contributed by atoms with Crippen LogP contribution in [0.5, 0.6) is 0 Å². The molecule has 1 aromatic rings. The van der Waals surface area contributed by atoms with Crippen LogP contribution in [0, 0.1) is 12.8 Å². The van der Waals surface area contributed by atoms with Gasteiger partial charge < -0.3 is 5.32 Å². The van der Waals surface area contributed by atoms with Gasteiger partial charge >= 0.3 is 0 Å². The van der Waals surface area contributed by atoms with Gasteiger partial charge in [0.15, 0.2) is 0 Å². The van der Waals surface area contributed by atoms with Crippen LogP contribution in [0.25, 0.3) is 0 Å². The van der Waals surface area contributed by atoms with Gasteiger partial charge in [-0.15, -0.1) is 11.6 Å². The highest BCUT2D eigenvalue weighted by molar-refractivity contribution is 9.10. The highest BCUT2D eigenvalue weighted by Crippen LogP contribution is 2.28. The van der Waals surface area contributed by atoms with Crippen molar-refractivity contribution in [2.24, 2.45) is 5.92 Å². The van der Waals surface area contributed by atoms with E-state index in [1.54, 1.807) is 0 Å². The monoisotopic (exact) mass is 316 g/mol. The molecule has 0 amide bonds. The van der Waals surface area contributed by atoms with Crippen molar-refractivity contribution >= 4 is 33.3 Å². The van der Waals surface area contributed by atoms with Crippen molar-refractivity contribution in [2.75, 3.05) is 11.9 Å². The van der Waals surface area contributed by atoms with Gasteiger partial charge in [0.25, 0.3) is 0 Å². The van der Waals surface area contributed by atoms with Crippen molar-refractivity contribution in [2.45, 2.75) is 38.0 Å². The number of pyridine rings is 1. The molecule has 2 rings (SSSR count). The molecule has 1 heterocycles. The van der Waals surface area contributed by atoms with Gasteiger partial charge in [-0.05, 0) is 66.1 Å². The van der Waals surface area contributed by atoms with Crippen molar-refractivity contribution in [1.29, 1.82) is 0 Å². The van der Waals surface area contributed by atoms with E-state index in [0.717, 1.165) is 35.6 Å². The zero-order chi connectivity index (χ0) is 12.3. The predicted molar refractivity (Wildman–Crippen MR) is 76.8 cm³/mol. The van der Waals surface area contributed by atoms with Gasteiger partial charge in [0.1, 0.15) is 5.82 Å². The van der Waals surface area contributed by atoms with E-state index in [0.29, 0.717) is 5.38 Å². The topological polar surface area (TPSA) is 24.9 Å². The van der Waals surface area contributed by atoms with Crippen LogP contribution in [0.15, 0.2) is 16.7 Å². The maximum Gasteiger partial charge on any atom is 0.128 e. The van der Waals surface area contributed by atoms with Crippen molar-refractivity contribution in [3.63, 3.8) is 0 Å². The number of hydrogen-bond acceptors (Lipinski definition) is 2. The molecule has 0 aromatic carbocycles. The van der Waals surface area contributed by atoms with Crippen LogP contribution in [-0.2, 0) is 0 Å². The molecule has 0 spiro atoms. The van der Waals surface area contributed by atoms with Crippen molar-refractivity contribution < 1.29 is 0 Å². The van der Waals surface area contributed by atoms with E-state index in [-0.39, 0.29) is 0 Å².